The largest absolute Gasteiger partial charge is 0.349 e. The predicted molar refractivity (Wildman–Crippen MR) is 82.9 cm³/mol. The molecule has 0 bridgehead atoms. The lowest BCUT2D eigenvalue weighted by Gasteiger charge is -2.23. The minimum atomic E-state index is -0.794. The molecule has 21 heavy (non-hydrogen) atoms. The lowest BCUT2D eigenvalue weighted by molar-refractivity contribution is -0.137. The average Bonchev–Trinajstić information content (AvgIpc) is 2.61. The number of carbonyl (C=O) groups is 3. The van der Waals surface area contributed by atoms with Crippen molar-refractivity contribution in [1.29, 1.82) is 0 Å². The van der Waals surface area contributed by atoms with Gasteiger partial charge in [-0.25, -0.2) is 9.69 Å². The van der Waals surface area contributed by atoms with E-state index in [-0.39, 0.29) is 4.75 Å². The second-order valence-electron chi connectivity index (χ2n) is 5.71. The molecule has 112 valence electrons. The number of carbonyl (C=O) groups excluding carboxylic acids is 3. The van der Waals surface area contributed by atoms with Crippen molar-refractivity contribution in [2.75, 3.05) is 4.90 Å². The number of aryl methyl sites for hydroxylation is 1. The first-order valence-corrected chi connectivity index (χ1v) is 7.53. The molecular weight excluding hydrogens is 288 g/mol. The molecule has 0 unspecified atom stereocenters. The summed E-state index contributed by atoms with van der Waals surface area (Å²) < 4.78 is 0.612. The van der Waals surface area contributed by atoms with Gasteiger partial charge < -0.3 is 0 Å². The van der Waals surface area contributed by atoms with E-state index in [0.29, 0.717) is 12.1 Å². The Bertz CT molecular complexity index is 607. The van der Waals surface area contributed by atoms with E-state index in [4.69, 9.17) is 0 Å². The van der Waals surface area contributed by atoms with Gasteiger partial charge in [0.2, 0.25) is 0 Å². The molecule has 1 heterocycles. The lowest BCUT2D eigenvalue weighted by atomic mass is 10.1. The van der Waals surface area contributed by atoms with Crippen LogP contribution in [0.4, 0.5) is 10.5 Å². The molecule has 1 aliphatic heterocycles. The molecule has 5 nitrogen and oxygen atoms in total. The van der Waals surface area contributed by atoms with Crippen molar-refractivity contribution in [3.05, 3.63) is 29.8 Å². The van der Waals surface area contributed by atoms with E-state index >= 15 is 0 Å². The predicted octanol–water partition coefficient (Wildman–Crippen LogP) is 2.99. The number of anilines is 1. The van der Waals surface area contributed by atoms with Gasteiger partial charge in [-0.15, -0.1) is 0 Å². The van der Waals surface area contributed by atoms with Gasteiger partial charge in [0, 0.05) is 4.75 Å². The lowest BCUT2D eigenvalue weighted by Crippen LogP contribution is -2.32. The quantitative estimate of drug-likeness (QED) is 0.489. The Hall–Kier alpha value is -1.82. The van der Waals surface area contributed by atoms with Crippen LogP contribution in [0.15, 0.2) is 24.3 Å². The summed E-state index contributed by atoms with van der Waals surface area (Å²) in [5.74, 6) is -1.58. The SMILES string of the molecule is CCc1ccccc1N1C(=O)C(=O)N(SC(C)(C)C)C1=O. The van der Waals surface area contributed by atoms with Crippen molar-refractivity contribution in [2.45, 2.75) is 38.9 Å². The van der Waals surface area contributed by atoms with Crippen LogP contribution in [-0.2, 0) is 16.0 Å². The third-order valence-electron chi connectivity index (χ3n) is 2.91. The highest BCUT2D eigenvalue weighted by atomic mass is 32.2. The molecule has 0 aromatic heterocycles. The maximum Gasteiger partial charge on any atom is 0.349 e. The Morgan fingerprint density at radius 3 is 2.24 bits per heavy atom. The zero-order chi connectivity index (χ0) is 15.8. The van der Waals surface area contributed by atoms with E-state index in [1.165, 1.54) is 0 Å². The van der Waals surface area contributed by atoms with E-state index in [2.05, 4.69) is 0 Å². The van der Waals surface area contributed by atoms with Crippen LogP contribution in [0.5, 0.6) is 0 Å². The third kappa shape index (κ3) is 2.95. The van der Waals surface area contributed by atoms with E-state index in [1.54, 1.807) is 12.1 Å². The molecule has 0 atom stereocenters. The fraction of sp³-hybridized carbons (Fsp3) is 0.400. The molecule has 1 saturated heterocycles. The van der Waals surface area contributed by atoms with Gasteiger partial charge in [0.05, 0.1) is 5.69 Å². The molecule has 4 amide bonds. The zero-order valence-corrected chi connectivity index (χ0v) is 13.4. The summed E-state index contributed by atoms with van der Waals surface area (Å²) in [4.78, 5) is 37.7. The Morgan fingerprint density at radius 1 is 1.05 bits per heavy atom. The molecule has 1 aromatic rings. The highest BCUT2D eigenvalue weighted by molar-refractivity contribution is 7.99. The van der Waals surface area contributed by atoms with Gasteiger partial charge >= 0.3 is 17.8 Å². The van der Waals surface area contributed by atoms with Crippen LogP contribution in [0.2, 0.25) is 0 Å². The number of imide groups is 2. The highest BCUT2D eigenvalue weighted by Gasteiger charge is 2.47. The molecule has 6 heteroatoms. The van der Waals surface area contributed by atoms with Crippen LogP contribution in [0.3, 0.4) is 0 Å². The number of para-hydroxylation sites is 1. The first-order chi connectivity index (χ1) is 9.76. The van der Waals surface area contributed by atoms with Gasteiger partial charge in [0.1, 0.15) is 0 Å². The third-order valence-corrected chi connectivity index (χ3v) is 3.97. The number of rotatable bonds is 3. The minimum absolute atomic E-state index is 0.341. The van der Waals surface area contributed by atoms with Crippen LogP contribution < -0.4 is 4.90 Å². The first-order valence-electron chi connectivity index (χ1n) is 6.76. The van der Waals surface area contributed by atoms with Gasteiger partial charge in [-0.1, -0.05) is 25.1 Å². The van der Waals surface area contributed by atoms with Gasteiger partial charge in [-0.05, 0) is 50.8 Å². The van der Waals surface area contributed by atoms with Crippen molar-refractivity contribution in [3.63, 3.8) is 0 Å². The number of benzene rings is 1. The summed E-state index contributed by atoms with van der Waals surface area (Å²) in [5, 5.41) is 0. The Kier molecular flexibility index (Phi) is 4.09. The smallest absolute Gasteiger partial charge is 0.262 e. The standard InChI is InChI=1S/C15H18N2O3S/c1-5-10-8-6-7-9-11(10)16-12(18)13(19)17(14(16)20)21-15(2,3)4/h6-9H,5H2,1-4H3. The molecule has 0 radical (unpaired) electrons. The number of urea groups is 1. The molecule has 1 aliphatic rings. The maximum absolute atomic E-state index is 12.5. The van der Waals surface area contributed by atoms with Crippen LogP contribution in [0, 0.1) is 0 Å². The summed E-state index contributed by atoms with van der Waals surface area (Å²) in [6.45, 7) is 7.58. The molecule has 1 fully saturated rings. The van der Waals surface area contributed by atoms with E-state index in [0.717, 1.165) is 26.7 Å². The van der Waals surface area contributed by atoms with Crippen LogP contribution in [-0.4, -0.2) is 26.9 Å². The van der Waals surface area contributed by atoms with Gasteiger partial charge in [0.15, 0.2) is 0 Å². The van der Waals surface area contributed by atoms with E-state index in [9.17, 15) is 14.4 Å². The molecule has 0 spiro atoms. The number of amides is 4. The van der Waals surface area contributed by atoms with Crippen LogP contribution in [0.25, 0.3) is 0 Å². The molecule has 0 saturated carbocycles. The van der Waals surface area contributed by atoms with Crippen molar-refractivity contribution in [1.82, 2.24) is 4.31 Å². The van der Waals surface area contributed by atoms with Crippen LogP contribution in [0.1, 0.15) is 33.3 Å². The van der Waals surface area contributed by atoms with Crippen molar-refractivity contribution < 1.29 is 14.4 Å². The summed E-state index contributed by atoms with van der Waals surface area (Å²) in [6.07, 6.45) is 0.674. The minimum Gasteiger partial charge on any atom is -0.262 e. The Morgan fingerprint density at radius 2 is 1.67 bits per heavy atom. The number of hydrogen-bond donors (Lipinski definition) is 0. The summed E-state index contributed by atoms with van der Waals surface area (Å²) >= 11 is 1.07. The normalized spacial score (nSPS) is 16.1. The fourth-order valence-corrected chi connectivity index (χ4v) is 2.91. The molecule has 0 N–H and O–H groups in total. The van der Waals surface area contributed by atoms with Crippen molar-refractivity contribution >= 4 is 35.5 Å². The van der Waals surface area contributed by atoms with Gasteiger partial charge in [-0.2, -0.15) is 4.31 Å². The van der Waals surface area contributed by atoms with Crippen LogP contribution >= 0.6 is 11.9 Å². The highest BCUT2D eigenvalue weighted by Crippen LogP contribution is 2.34. The second-order valence-corrected chi connectivity index (χ2v) is 7.48. The van der Waals surface area contributed by atoms with E-state index < -0.39 is 17.8 Å². The molecular formula is C15H18N2O3S. The molecule has 1 aromatic carbocycles. The molecule has 0 aliphatic carbocycles. The monoisotopic (exact) mass is 306 g/mol. The Labute approximate surface area is 128 Å². The Balaban J connectivity index is 2.40. The summed E-state index contributed by atoms with van der Waals surface area (Å²) in [7, 11) is 0. The topological polar surface area (TPSA) is 57.7 Å². The van der Waals surface area contributed by atoms with Gasteiger partial charge in [0.25, 0.3) is 0 Å². The maximum atomic E-state index is 12.5. The van der Waals surface area contributed by atoms with Crippen molar-refractivity contribution in [3.8, 4) is 0 Å². The van der Waals surface area contributed by atoms with E-state index in [1.807, 2.05) is 39.8 Å². The molecule has 2 rings (SSSR count). The van der Waals surface area contributed by atoms with Crippen molar-refractivity contribution in [2.24, 2.45) is 0 Å². The number of nitrogens with zero attached hydrogens (tertiary/aromatic N) is 2. The zero-order valence-electron chi connectivity index (χ0n) is 12.5. The second kappa shape index (κ2) is 5.52. The average molecular weight is 306 g/mol. The fourth-order valence-electron chi connectivity index (χ4n) is 2.04. The first kappa shape index (κ1) is 15.6. The van der Waals surface area contributed by atoms with Gasteiger partial charge in [-0.3, -0.25) is 9.59 Å². The number of hydrogen-bond acceptors (Lipinski definition) is 4. The summed E-state index contributed by atoms with van der Waals surface area (Å²) in [6, 6.07) is 6.54. The summed E-state index contributed by atoms with van der Waals surface area (Å²) in [5.41, 5.74) is 1.34.